The van der Waals surface area contributed by atoms with E-state index in [1.165, 1.54) is 38.7 Å². The van der Waals surface area contributed by atoms with Crippen molar-refractivity contribution in [2.75, 3.05) is 13.1 Å². The zero-order valence-electron chi connectivity index (χ0n) is 11.9. The number of nitrogens with zero attached hydrogens (tertiary/aromatic N) is 4. The largest absolute Gasteiger partial charge is 0.352 e. The Hall–Kier alpha value is -1.43. The second-order valence-electron chi connectivity index (χ2n) is 5.82. The number of aromatic nitrogens is 3. The molecule has 1 N–H and O–H groups in total. The minimum atomic E-state index is 0.184. The molecule has 0 bridgehead atoms. The third-order valence-corrected chi connectivity index (χ3v) is 4.44. The molecule has 2 atom stereocenters. The van der Waals surface area contributed by atoms with Crippen LogP contribution in [-0.2, 0) is 11.3 Å². The second-order valence-corrected chi connectivity index (χ2v) is 5.82. The van der Waals surface area contributed by atoms with Gasteiger partial charge in [0, 0.05) is 25.0 Å². The Labute approximate surface area is 119 Å². The molecule has 0 aliphatic carbocycles. The molecule has 2 aliphatic rings. The maximum Gasteiger partial charge on any atom is 0.220 e. The summed E-state index contributed by atoms with van der Waals surface area (Å²) >= 11 is 0. The molecule has 2 saturated heterocycles. The van der Waals surface area contributed by atoms with Gasteiger partial charge in [0.2, 0.25) is 5.91 Å². The van der Waals surface area contributed by atoms with Crippen molar-refractivity contribution in [3.8, 4) is 0 Å². The molecular formula is C14H23N5O. The summed E-state index contributed by atoms with van der Waals surface area (Å²) in [6.45, 7) is 3.18. The third kappa shape index (κ3) is 3.17. The number of rotatable bonds is 5. The highest BCUT2D eigenvalue weighted by molar-refractivity contribution is 5.76. The Bertz CT molecular complexity index is 433. The molecule has 0 saturated carbocycles. The number of carbonyl (C=O) groups excluding carboxylic acids is 1. The van der Waals surface area contributed by atoms with Crippen LogP contribution in [0.1, 0.15) is 38.5 Å². The minimum absolute atomic E-state index is 0.184. The molecule has 2 aliphatic heterocycles. The van der Waals surface area contributed by atoms with Gasteiger partial charge in [-0.2, -0.15) is 5.10 Å². The van der Waals surface area contributed by atoms with Gasteiger partial charge in [-0.1, -0.05) is 0 Å². The number of hydrogen-bond donors (Lipinski definition) is 1. The molecule has 1 amide bonds. The normalized spacial score (nSPS) is 26.4. The quantitative estimate of drug-likeness (QED) is 0.865. The minimum Gasteiger partial charge on any atom is -0.352 e. The summed E-state index contributed by atoms with van der Waals surface area (Å²) in [5, 5.41) is 7.28. The van der Waals surface area contributed by atoms with Crippen molar-refractivity contribution in [2.24, 2.45) is 0 Å². The van der Waals surface area contributed by atoms with Crippen LogP contribution in [0.25, 0.3) is 0 Å². The Balaban J connectivity index is 1.41. The molecule has 2 fully saturated rings. The lowest BCUT2D eigenvalue weighted by Gasteiger charge is -2.37. The van der Waals surface area contributed by atoms with Crippen LogP contribution in [-0.4, -0.2) is 50.7 Å². The smallest absolute Gasteiger partial charge is 0.220 e. The summed E-state index contributed by atoms with van der Waals surface area (Å²) in [6.07, 6.45) is 9.47. The van der Waals surface area contributed by atoms with Gasteiger partial charge in [0.05, 0.1) is 0 Å². The van der Waals surface area contributed by atoms with E-state index in [9.17, 15) is 4.79 Å². The summed E-state index contributed by atoms with van der Waals surface area (Å²) in [5.74, 6) is 0.184. The topological polar surface area (TPSA) is 63.1 Å². The summed E-state index contributed by atoms with van der Waals surface area (Å²) < 4.78 is 1.77. The van der Waals surface area contributed by atoms with E-state index in [0.717, 1.165) is 19.4 Å². The number of hydrogen-bond acceptors (Lipinski definition) is 4. The number of fused-ring (bicyclic) bond motifs is 1. The van der Waals surface area contributed by atoms with Crippen molar-refractivity contribution >= 4 is 5.91 Å². The summed E-state index contributed by atoms with van der Waals surface area (Å²) in [5.41, 5.74) is 0. The molecule has 0 unspecified atom stereocenters. The van der Waals surface area contributed by atoms with Crippen LogP contribution in [0.5, 0.6) is 0 Å². The summed E-state index contributed by atoms with van der Waals surface area (Å²) in [7, 11) is 0. The van der Waals surface area contributed by atoms with Gasteiger partial charge in [0.1, 0.15) is 12.7 Å². The highest BCUT2D eigenvalue weighted by Crippen LogP contribution is 2.27. The first kappa shape index (κ1) is 13.5. The van der Waals surface area contributed by atoms with Gasteiger partial charge in [-0.25, -0.2) is 4.98 Å². The molecule has 3 heterocycles. The van der Waals surface area contributed by atoms with Crippen LogP contribution < -0.4 is 5.32 Å². The van der Waals surface area contributed by atoms with E-state index >= 15 is 0 Å². The van der Waals surface area contributed by atoms with Crippen LogP contribution in [0.3, 0.4) is 0 Å². The fraction of sp³-hybridized carbons (Fsp3) is 0.786. The Morgan fingerprint density at radius 3 is 2.95 bits per heavy atom. The van der Waals surface area contributed by atoms with Gasteiger partial charge in [0.15, 0.2) is 0 Å². The molecule has 1 aromatic heterocycles. The average Bonchev–Trinajstić information content (AvgIpc) is 3.09. The lowest BCUT2D eigenvalue weighted by Crippen LogP contribution is -2.52. The van der Waals surface area contributed by atoms with Crippen molar-refractivity contribution in [2.45, 2.75) is 57.2 Å². The number of nitrogens with one attached hydrogen (secondary N) is 1. The number of piperidine rings is 1. The predicted octanol–water partition coefficient (Wildman–Crippen LogP) is 0.801. The zero-order valence-corrected chi connectivity index (χ0v) is 11.9. The standard InChI is InChI=1S/C14H23N5O/c20-14(6-3-9-19-11-15-10-16-19)17-12-4-1-7-18-8-2-5-13(12)18/h10-13H,1-9H2,(H,17,20)/t12-,13-/m0/s1. The molecule has 3 rings (SSSR count). The molecule has 0 radical (unpaired) electrons. The molecule has 1 aromatic rings. The van der Waals surface area contributed by atoms with Gasteiger partial charge in [-0.05, 0) is 45.2 Å². The predicted molar refractivity (Wildman–Crippen MR) is 75.0 cm³/mol. The van der Waals surface area contributed by atoms with E-state index < -0.39 is 0 Å². The SMILES string of the molecule is O=C(CCCn1cncn1)N[C@H]1CCCN2CCC[C@@H]12. The molecule has 6 heteroatoms. The zero-order chi connectivity index (χ0) is 13.8. The third-order valence-electron chi connectivity index (χ3n) is 4.44. The Kier molecular flexibility index (Phi) is 4.30. The number of carbonyl (C=O) groups is 1. The van der Waals surface area contributed by atoms with Crippen molar-refractivity contribution in [1.29, 1.82) is 0 Å². The number of amides is 1. The molecule has 20 heavy (non-hydrogen) atoms. The van der Waals surface area contributed by atoms with Gasteiger partial charge >= 0.3 is 0 Å². The summed E-state index contributed by atoms with van der Waals surface area (Å²) in [4.78, 5) is 18.5. The Morgan fingerprint density at radius 1 is 1.30 bits per heavy atom. The van der Waals surface area contributed by atoms with Crippen molar-refractivity contribution in [3.63, 3.8) is 0 Å². The Morgan fingerprint density at radius 2 is 2.15 bits per heavy atom. The molecule has 6 nitrogen and oxygen atoms in total. The first-order valence-electron chi connectivity index (χ1n) is 7.69. The van der Waals surface area contributed by atoms with Gasteiger partial charge in [-0.15, -0.1) is 0 Å². The molecule has 0 spiro atoms. The highest BCUT2D eigenvalue weighted by Gasteiger charge is 2.35. The van der Waals surface area contributed by atoms with Crippen LogP contribution in [0, 0.1) is 0 Å². The van der Waals surface area contributed by atoms with E-state index in [1.807, 2.05) is 0 Å². The maximum absolute atomic E-state index is 12.1. The van der Waals surface area contributed by atoms with Gasteiger partial charge < -0.3 is 5.32 Å². The van der Waals surface area contributed by atoms with Crippen molar-refractivity contribution in [1.82, 2.24) is 25.0 Å². The molecule has 0 aromatic carbocycles. The van der Waals surface area contributed by atoms with E-state index in [0.29, 0.717) is 18.5 Å². The van der Waals surface area contributed by atoms with Crippen LogP contribution >= 0.6 is 0 Å². The fourth-order valence-corrected chi connectivity index (χ4v) is 3.49. The lowest BCUT2D eigenvalue weighted by atomic mass is 9.96. The van der Waals surface area contributed by atoms with Crippen molar-refractivity contribution < 1.29 is 4.79 Å². The van der Waals surface area contributed by atoms with Crippen LogP contribution in [0.15, 0.2) is 12.7 Å². The fourth-order valence-electron chi connectivity index (χ4n) is 3.49. The van der Waals surface area contributed by atoms with E-state index in [1.54, 1.807) is 11.0 Å². The average molecular weight is 277 g/mol. The first-order valence-corrected chi connectivity index (χ1v) is 7.69. The van der Waals surface area contributed by atoms with Gasteiger partial charge in [-0.3, -0.25) is 14.4 Å². The maximum atomic E-state index is 12.1. The second kappa shape index (κ2) is 6.35. The van der Waals surface area contributed by atoms with Crippen molar-refractivity contribution in [3.05, 3.63) is 12.7 Å². The van der Waals surface area contributed by atoms with E-state index in [-0.39, 0.29) is 5.91 Å². The van der Waals surface area contributed by atoms with Crippen LogP contribution in [0.4, 0.5) is 0 Å². The lowest BCUT2D eigenvalue weighted by molar-refractivity contribution is -0.122. The van der Waals surface area contributed by atoms with Crippen LogP contribution in [0.2, 0.25) is 0 Å². The number of aryl methyl sites for hydroxylation is 1. The monoisotopic (exact) mass is 277 g/mol. The van der Waals surface area contributed by atoms with Gasteiger partial charge in [0.25, 0.3) is 0 Å². The summed E-state index contributed by atoms with van der Waals surface area (Å²) in [6, 6.07) is 0.952. The first-order chi connectivity index (χ1) is 9.83. The van der Waals surface area contributed by atoms with E-state index in [4.69, 9.17) is 0 Å². The van der Waals surface area contributed by atoms with E-state index in [2.05, 4.69) is 20.3 Å². The highest BCUT2D eigenvalue weighted by atomic mass is 16.1. The molecular weight excluding hydrogens is 254 g/mol. The molecule has 110 valence electrons.